The third kappa shape index (κ3) is 2.30. The summed E-state index contributed by atoms with van der Waals surface area (Å²) in [6.07, 6.45) is 1.65. The lowest BCUT2D eigenvalue weighted by molar-refractivity contribution is 1.17. The Kier molecular flexibility index (Phi) is 2.93. The van der Waals surface area contributed by atoms with Crippen LogP contribution in [-0.4, -0.2) is 9.97 Å². The van der Waals surface area contributed by atoms with Crippen molar-refractivity contribution in [2.24, 2.45) is 0 Å². The van der Waals surface area contributed by atoms with Crippen LogP contribution < -0.4 is 0 Å². The molecule has 0 N–H and O–H groups in total. The van der Waals surface area contributed by atoms with Gasteiger partial charge in [-0.3, -0.25) is 0 Å². The van der Waals surface area contributed by atoms with Gasteiger partial charge in [-0.1, -0.05) is 6.07 Å². The van der Waals surface area contributed by atoms with Gasteiger partial charge in [0.2, 0.25) is 5.28 Å². The molecular weight excluding hydrogens is 228 g/mol. The highest BCUT2D eigenvalue weighted by Gasteiger charge is 2.02. The second kappa shape index (κ2) is 4.21. The summed E-state index contributed by atoms with van der Waals surface area (Å²) in [7, 11) is 0. The lowest BCUT2D eigenvalue weighted by Gasteiger charge is -2.03. The Hall–Kier alpha value is -1.06. The Morgan fingerprint density at radius 3 is 2.73 bits per heavy atom. The van der Waals surface area contributed by atoms with Crippen molar-refractivity contribution >= 4 is 24.2 Å². The molecule has 0 amide bonds. The Morgan fingerprint density at radius 1 is 1.27 bits per heavy atom. The zero-order valence-corrected chi connectivity index (χ0v) is 9.76. The predicted octanol–water partition coefficient (Wildman–Crippen LogP) is 3.39. The van der Waals surface area contributed by atoms with Crippen LogP contribution >= 0.6 is 24.2 Å². The van der Waals surface area contributed by atoms with Crippen molar-refractivity contribution in [1.29, 1.82) is 0 Å². The predicted molar refractivity (Wildman–Crippen MR) is 64.5 cm³/mol. The number of aryl methyl sites for hydroxylation is 1. The third-order valence-corrected chi connectivity index (χ3v) is 2.80. The average molecular weight is 237 g/mol. The molecule has 0 aliphatic heterocycles. The Labute approximate surface area is 98.8 Å². The number of hydrogen-bond acceptors (Lipinski definition) is 3. The smallest absolute Gasteiger partial charge is 0.222 e. The van der Waals surface area contributed by atoms with Gasteiger partial charge in [0.25, 0.3) is 0 Å². The van der Waals surface area contributed by atoms with E-state index < -0.39 is 0 Å². The second-order valence-corrected chi connectivity index (χ2v) is 4.03. The van der Waals surface area contributed by atoms with Gasteiger partial charge in [-0.25, -0.2) is 9.97 Å². The minimum absolute atomic E-state index is 0.264. The van der Waals surface area contributed by atoms with Crippen molar-refractivity contribution in [2.45, 2.75) is 11.8 Å². The molecule has 0 saturated heterocycles. The molecule has 0 radical (unpaired) electrons. The lowest BCUT2D eigenvalue weighted by Crippen LogP contribution is -1.87. The molecule has 0 unspecified atom stereocenters. The van der Waals surface area contributed by atoms with Gasteiger partial charge in [-0.05, 0) is 42.3 Å². The maximum Gasteiger partial charge on any atom is 0.222 e. The van der Waals surface area contributed by atoms with Crippen molar-refractivity contribution in [1.82, 2.24) is 9.97 Å². The number of rotatable bonds is 1. The van der Waals surface area contributed by atoms with E-state index in [0.717, 1.165) is 21.7 Å². The summed E-state index contributed by atoms with van der Waals surface area (Å²) in [5, 5.41) is 0.264. The van der Waals surface area contributed by atoms with Crippen molar-refractivity contribution in [3.8, 4) is 11.3 Å². The molecule has 0 saturated carbocycles. The molecule has 1 aromatic carbocycles. The van der Waals surface area contributed by atoms with Crippen LogP contribution in [0.4, 0.5) is 0 Å². The fourth-order valence-electron chi connectivity index (χ4n) is 1.31. The van der Waals surface area contributed by atoms with E-state index in [2.05, 4.69) is 22.6 Å². The monoisotopic (exact) mass is 236 g/mol. The first-order chi connectivity index (χ1) is 7.16. The molecule has 0 atom stereocenters. The van der Waals surface area contributed by atoms with Crippen LogP contribution in [0.5, 0.6) is 0 Å². The first-order valence-corrected chi connectivity index (χ1v) is 5.28. The molecule has 2 rings (SSSR count). The van der Waals surface area contributed by atoms with E-state index in [0.29, 0.717) is 0 Å². The van der Waals surface area contributed by atoms with E-state index >= 15 is 0 Å². The molecule has 4 heteroatoms. The molecule has 2 aromatic rings. The van der Waals surface area contributed by atoms with Crippen LogP contribution in [-0.2, 0) is 0 Å². The zero-order valence-electron chi connectivity index (χ0n) is 8.11. The van der Waals surface area contributed by atoms with E-state index in [1.165, 1.54) is 0 Å². The number of aromatic nitrogens is 2. The summed E-state index contributed by atoms with van der Waals surface area (Å²) in [6.45, 7) is 2.01. The number of benzene rings is 1. The Bertz CT molecular complexity index is 500. The van der Waals surface area contributed by atoms with Gasteiger partial charge in [0.15, 0.2) is 0 Å². The molecule has 2 nitrogen and oxygen atoms in total. The van der Waals surface area contributed by atoms with Crippen LogP contribution in [0.2, 0.25) is 5.28 Å². The van der Waals surface area contributed by atoms with Crippen molar-refractivity contribution in [2.75, 3.05) is 0 Å². The molecular formula is C11H9ClN2S. The zero-order chi connectivity index (χ0) is 10.8. The summed E-state index contributed by atoms with van der Waals surface area (Å²) in [5.41, 5.74) is 2.96. The molecule has 15 heavy (non-hydrogen) atoms. The number of hydrogen-bond donors (Lipinski definition) is 1. The third-order valence-electron chi connectivity index (χ3n) is 2.12. The van der Waals surface area contributed by atoms with Gasteiger partial charge in [-0.2, -0.15) is 0 Å². The van der Waals surface area contributed by atoms with Gasteiger partial charge >= 0.3 is 0 Å². The fourth-order valence-corrected chi connectivity index (χ4v) is 1.60. The molecule has 0 aliphatic rings. The highest BCUT2D eigenvalue weighted by molar-refractivity contribution is 7.80. The van der Waals surface area contributed by atoms with E-state index in [1.54, 1.807) is 6.20 Å². The van der Waals surface area contributed by atoms with Crippen LogP contribution in [0.3, 0.4) is 0 Å². The molecule has 0 aliphatic carbocycles. The maximum absolute atomic E-state index is 5.73. The molecule has 1 aromatic heterocycles. The van der Waals surface area contributed by atoms with Gasteiger partial charge < -0.3 is 0 Å². The van der Waals surface area contributed by atoms with Gasteiger partial charge in [-0.15, -0.1) is 12.6 Å². The van der Waals surface area contributed by atoms with E-state index in [9.17, 15) is 0 Å². The molecule has 0 spiro atoms. The number of thiol groups is 1. The Balaban J connectivity index is 2.50. The average Bonchev–Trinajstić information content (AvgIpc) is 2.22. The van der Waals surface area contributed by atoms with Gasteiger partial charge in [0, 0.05) is 16.7 Å². The first-order valence-electron chi connectivity index (χ1n) is 4.45. The summed E-state index contributed by atoms with van der Waals surface area (Å²) >= 11 is 10.0. The van der Waals surface area contributed by atoms with Crippen LogP contribution in [0.1, 0.15) is 5.56 Å². The highest BCUT2D eigenvalue weighted by atomic mass is 35.5. The molecule has 0 fully saturated rings. The summed E-state index contributed by atoms with van der Waals surface area (Å²) in [4.78, 5) is 8.96. The van der Waals surface area contributed by atoms with E-state index in [4.69, 9.17) is 11.6 Å². The topological polar surface area (TPSA) is 25.8 Å². The lowest BCUT2D eigenvalue weighted by atomic mass is 10.1. The Morgan fingerprint density at radius 2 is 2.07 bits per heavy atom. The van der Waals surface area contributed by atoms with Crippen molar-refractivity contribution < 1.29 is 0 Å². The minimum atomic E-state index is 0.264. The van der Waals surface area contributed by atoms with Gasteiger partial charge in [0.1, 0.15) is 0 Å². The summed E-state index contributed by atoms with van der Waals surface area (Å²) in [5.74, 6) is 0. The molecule has 1 heterocycles. The standard InChI is InChI=1S/C11H9ClN2S/c1-7-6-8(2-3-10(7)15)9-4-5-13-11(12)14-9/h2-6,15H,1H3. The van der Waals surface area contributed by atoms with Crippen molar-refractivity contribution in [3.63, 3.8) is 0 Å². The fraction of sp³-hybridized carbons (Fsp3) is 0.0909. The highest BCUT2D eigenvalue weighted by Crippen LogP contribution is 2.22. The normalized spacial score (nSPS) is 10.3. The molecule has 0 bridgehead atoms. The summed E-state index contributed by atoms with van der Waals surface area (Å²) < 4.78 is 0. The number of nitrogens with zero attached hydrogens (tertiary/aromatic N) is 2. The van der Waals surface area contributed by atoms with E-state index in [1.807, 2.05) is 31.2 Å². The minimum Gasteiger partial charge on any atom is -0.226 e. The first kappa shape index (κ1) is 10.5. The largest absolute Gasteiger partial charge is 0.226 e. The van der Waals surface area contributed by atoms with Crippen molar-refractivity contribution in [3.05, 3.63) is 41.3 Å². The SMILES string of the molecule is Cc1cc(-c2ccnc(Cl)n2)ccc1S. The second-order valence-electron chi connectivity index (χ2n) is 3.21. The maximum atomic E-state index is 5.73. The quantitative estimate of drug-likeness (QED) is 0.607. The molecule has 76 valence electrons. The summed E-state index contributed by atoms with van der Waals surface area (Å²) in [6, 6.07) is 7.78. The van der Waals surface area contributed by atoms with Gasteiger partial charge in [0.05, 0.1) is 5.69 Å². The van der Waals surface area contributed by atoms with Crippen LogP contribution in [0, 0.1) is 6.92 Å². The van der Waals surface area contributed by atoms with E-state index in [-0.39, 0.29) is 5.28 Å². The van der Waals surface area contributed by atoms with Crippen LogP contribution in [0.25, 0.3) is 11.3 Å². The number of halogens is 1. The van der Waals surface area contributed by atoms with Crippen LogP contribution in [0.15, 0.2) is 35.4 Å².